The monoisotopic (exact) mass is 290 g/mol. The summed E-state index contributed by atoms with van der Waals surface area (Å²) in [6.07, 6.45) is 1.04. The highest BCUT2D eigenvalue weighted by Gasteiger charge is 2.17. The summed E-state index contributed by atoms with van der Waals surface area (Å²) in [5, 5.41) is 8.90. The number of carboxylic acids is 1. The number of hydrogen-bond acceptors (Lipinski definition) is 3. The molecule has 2 rings (SSSR count). The first-order valence-corrected chi connectivity index (χ1v) is 7.69. The van der Waals surface area contributed by atoms with Gasteiger partial charge in [0.2, 0.25) is 0 Å². The van der Waals surface area contributed by atoms with Gasteiger partial charge in [0.05, 0.1) is 6.54 Å². The van der Waals surface area contributed by atoms with Gasteiger partial charge in [-0.05, 0) is 50.4 Å². The molecule has 1 heterocycles. The van der Waals surface area contributed by atoms with Crippen molar-refractivity contribution in [2.45, 2.75) is 33.7 Å². The molecule has 0 amide bonds. The van der Waals surface area contributed by atoms with Crippen molar-refractivity contribution < 1.29 is 9.90 Å². The van der Waals surface area contributed by atoms with Crippen LogP contribution in [0.2, 0.25) is 0 Å². The lowest BCUT2D eigenvalue weighted by Crippen LogP contribution is -2.34. The van der Waals surface area contributed by atoms with Crippen molar-refractivity contribution in [1.82, 2.24) is 9.80 Å². The molecule has 0 aromatic heterocycles. The van der Waals surface area contributed by atoms with Crippen molar-refractivity contribution in [3.05, 3.63) is 34.4 Å². The average Bonchev–Trinajstić information content (AvgIpc) is 2.58. The summed E-state index contributed by atoms with van der Waals surface area (Å²) in [4.78, 5) is 15.3. The van der Waals surface area contributed by atoms with Crippen molar-refractivity contribution >= 4 is 5.97 Å². The zero-order chi connectivity index (χ0) is 15.4. The molecule has 1 N–H and O–H groups in total. The molecule has 1 aromatic carbocycles. The van der Waals surface area contributed by atoms with Gasteiger partial charge in [-0.25, -0.2) is 0 Å². The van der Waals surface area contributed by atoms with Crippen molar-refractivity contribution in [2.75, 3.05) is 32.7 Å². The molecule has 21 heavy (non-hydrogen) atoms. The number of carboxylic acid groups (broad SMARTS) is 1. The molecular formula is C17H26N2O2. The third-order valence-corrected chi connectivity index (χ3v) is 4.26. The zero-order valence-corrected chi connectivity index (χ0v) is 13.4. The minimum absolute atomic E-state index is 0.163. The smallest absolute Gasteiger partial charge is 0.317 e. The maximum absolute atomic E-state index is 10.8. The highest BCUT2D eigenvalue weighted by molar-refractivity contribution is 5.69. The lowest BCUT2D eigenvalue weighted by atomic mass is 9.99. The standard InChI is InChI=1S/C17H26N2O2/c1-13-9-14(2)16(15(3)10-13)11-18-5-4-6-19(8-7-18)12-17(20)21/h9-10H,4-8,11-12H2,1-3H3,(H,20,21). The quantitative estimate of drug-likeness (QED) is 0.923. The largest absolute Gasteiger partial charge is 0.480 e. The molecule has 1 aliphatic rings. The first-order valence-electron chi connectivity index (χ1n) is 7.69. The van der Waals surface area contributed by atoms with Gasteiger partial charge in [0.25, 0.3) is 0 Å². The third kappa shape index (κ3) is 4.55. The SMILES string of the molecule is Cc1cc(C)c(CN2CCCN(CC(=O)O)CC2)c(C)c1. The fraction of sp³-hybridized carbons (Fsp3) is 0.588. The minimum atomic E-state index is -0.728. The predicted octanol–water partition coefficient (Wildman–Crippen LogP) is 2.20. The number of aliphatic carboxylic acids is 1. The second-order valence-electron chi connectivity index (χ2n) is 6.18. The van der Waals surface area contributed by atoms with Gasteiger partial charge in [0.15, 0.2) is 0 Å². The van der Waals surface area contributed by atoms with Gasteiger partial charge in [-0.2, -0.15) is 0 Å². The molecular weight excluding hydrogens is 264 g/mol. The van der Waals surface area contributed by atoms with E-state index in [0.29, 0.717) is 0 Å². The van der Waals surface area contributed by atoms with E-state index in [1.54, 1.807) is 0 Å². The molecule has 1 saturated heterocycles. The van der Waals surface area contributed by atoms with E-state index >= 15 is 0 Å². The number of carbonyl (C=O) groups is 1. The van der Waals surface area contributed by atoms with Gasteiger partial charge < -0.3 is 5.11 Å². The molecule has 0 aliphatic carbocycles. The molecule has 1 aliphatic heterocycles. The van der Waals surface area contributed by atoms with E-state index in [2.05, 4.69) is 37.8 Å². The van der Waals surface area contributed by atoms with Crippen LogP contribution < -0.4 is 0 Å². The van der Waals surface area contributed by atoms with Crippen LogP contribution in [-0.4, -0.2) is 53.6 Å². The van der Waals surface area contributed by atoms with Gasteiger partial charge in [-0.3, -0.25) is 14.6 Å². The molecule has 0 unspecified atom stereocenters. The van der Waals surface area contributed by atoms with E-state index in [1.165, 1.54) is 22.3 Å². The van der Waals surface area contributed by atoms with Crippen molar-refractivity contribution in [1.29, 1.82) is 0 Å². The highest BCUT2D eigenvalue weighted by atomic mass is 16.4. The maximum atomic E-state index is 10.8. The summed E-state index contributed by atoms with van der Waals surface area (Å²) in [7, 11) is 0. The highest BCUT2D eigenvalue weighted by Crippen LogP contribution is 2.19. The van der Waals surface area contributed by atoms with E-state index in [1.807, 2.05) is 4.90 Å². The van der Waals surface area contributed by atoms with Crippen LogP contribution in [0.15, 0.2) is 12.1 Å². The summed E-state index contributed by atoms with van der Waals surface area (Å²) < 4.78 is 0. The van der Waals surface area contributed by atoms with Gasteiger partial charge in [-0.15, -0.1) is 0 Å². The first-order chi connectivity index (χ1) is 9.95. The Balaban J connectivity index is 1.99. The Morgan fingerprint density at radius 1 is 1.05 bits per heavy atom. The Hall–Kier alpha value is -1.39. The van der Waals surface area contributed by atoms with Crippen molar-refractivity contribution in [2.24, 2.45) is 0 Å². The predicted molar refractivity (Wildman–Crippen MR) is 84.6 cm³/mol. The van der Waals surface area contributed by atoms with E-state index < -0.39 is 5.97 Å². The molecule has 4 heteroatoms. The first kappa shape index (κ1) is 16.0. The Morgan fingerprint density at radius 2 is 1.62 bits per heavy atom. The molecule has 0 spiro atoms. The molecule has 0 radical (unpaired) electrons. The van der Waals surface area contributed by atoms with Crippen LogP contribution in [-0.2, 0) is 11.3 Å². The van der Waals surface area contributed by atoms with Crippen LogP contribution in [0.3, 0.4) is 0 Å². The summed E-state index contributed by atoms with van der Waals surface area (Å²) in [5.41, 5.74) is 5.46. The Labute approximate surface area is 127 Å². The number of benzene rings is 1. The zero-order valence-electron chi connectivity index (χ0n) is 13.4. The minimum Gasteiger partial charge on any atom is -0.480 e. The van der Waals surface area contributed by atoms with Crippen LogP contribution in [0, 0.1) is 20.8 Å². The molecule has 1 aromatic rings. The maximum Gasteiger partial charge on any atom is 0.317 e. The van der Waals surface area contributed by atoms with Crippen LogP contribution in [0.1, 0.15) is 28.7 Å². The van der Waals surface area contributed by atoms with Crippen LogP contribution in [0.4, 0.5) is 0 Å². The molecule has 0 atom stereocenters. The van der Waals surface area contributed by atoms with Gasteiger partial charge in [0, 0.05) is 26.2 Å². The van der Waals surface area contributed by atoms with Crippen molar-refractivity contribution in [3.63, 3.8) is 0 Å². The molecule has 0 bridgehead atoms. The number of aryl methyl sites for hydroxylation is 3. The number of nitrogens with zero attached hydrogens (tertiary/aromatic N) is 2. The summed E-state index contributed by atoms with van der Waals surface area (Å²) in [6.45, 7) is 11.4. The van der Waals surface area contributed by atoms with Gasteiger partial charge >= 0.3 is 5.97 Å². The van der Waals surface area contributed by atoms with Gasteiger partial charge in [-0.1, -0.05) is 17.7 Å². The van der Waals surface area contributed by atoms with Crippen molar-refractivity contribution in [3.8, 4) is 0 Å². The second kappa shape index (κ2) is 7.05. The molecule has 116 valence electrons. The lowest BCUT2D eigenvalue weighted by molar-refractivity contribution is -0.138. The second-order valence-corrected chi connectivity index (χ2v) is 6.18. The fourth-order valence-electron chi connectivity index (χ4n) is 3.21. The van der Waals surface area contributed by atoms with E-state index in [4.69, 9.17) is 5.11 Å². The Kier molecular flexibility index (Phi) is 5.37. The Bertz CT molecular complexity index is 491. The summed E-state index contributed by atoms with van der Waals surface area (Å²) >= 11 is 0. The molecule has 1 fully saturated rings. The van der Waals surface area contributed by atoms with Gasteiger partial charge in [0.1, 0.15) is 0 Å². The van der Waals surface area contributed by atoms with E-state index in [-0.39, 0.29) is 6.54 Å². The summed E-state index contributed by atoms with van der Waals surface area (Å²) in [5.74, 6) is -0.728. The van der Waals surface area contributed by atoms with Crippen LogP contribution in [0.5, 0.6) is 0 Å². The van der Waals surface area contributed by atoms with E-state index in [9.17, 15) is 4.79 Å². The Morgan fingerprint density at radius 3 is 2.24 bits per heavy atom. The normalized spacial score (nSPS) is 17.7. The lowest BCUT2D eigenvalue weighted by Gasteiger charge is -2.23. The molecule has 0 saturated carbocycles. The average molecular weight is 290 g/mol. The fourth-order valence-corrected chi connectivity index (χ4v) is 3.21. The molecule has 4 nitrogen and oxygen atoms in total. The third-order valence-electron chi connectivity index (χ3n) is 4.26. The number of hydrogen-bond donors (Lipinski definition) is 1. The summed E-state index contributed by atoms with van der Waals surface area (Å²) in [6, 6.07) is 4.49. The number of rotatable bonds is 4. The van der Waals surface area contributed by atoms with Crippen LogP contribution >= 0.6 is 0 Å². The van der Waals surface area contributed by atoms with E-state index in [0.717, 1.165) is 39.1 Å². The topological polar surface area (TPSA) is 43.8 Å². The van der Waals surface area contributed by atoms with Crippen LogP contribution in [0.25, 0.3) is 0 Å².